The van der Waals surface area contributed by atoms with Gasteiger partial charge in [-0.25, -0.2) is 0 Å². The number of hydrogen-bond acceptors (Lipinski definition) is 7. The summed E-state index contributed by atoms with van der Waals surface area (Å²) in [6.07, 6.45) is 5.56. The summed E-state index contributed by atoms with van der Waals surface area (Å²) in [5.74, 6) is 2.25. The van der Waals surface area contributed by atoms with E-state index in [1.807, 2.05) is 12.1 Å². The molecule has 0 amide bonds. The summed E-state index contributed by atoms with van der Waals surface area (Å²) in [6.45, 7) is 4.76. The Kier molecular flexibility index (Phi) is 6.82. The van der Waals surface area contributed by atoms with Crippen molar-refractivity contribution in [1.29, 1.82) is 0 Å². The molecule has 8 heteroatoms. The molecule has 156 valence electrons. The molecule has 1 aromatic heterocycles. The number of nitrogens with zero attached hydrogens (tertiary/aromatic N) is 5. The minimum Gasteiger partial charge on any atom is -0.396 e. The third kappa shape index (κ3) is 5.36. The maximum Gasteiger partial charge on any atom is 0.231 e. The molecule has 0 radical (unpaired) electrons. The number of rotatable bonds is 8. The largest absolute Gasteiger partial charge is 0.396 e. The predicted molar refractivity (Wildman–Crippen MR) is 120 cm³/mol. The van der Waals surface area contributed by atoms with Crippen molar-refractivity contribution >= 4 is 33.8 Å². The maximum absolute atomic E-state index is 9.86. The van der Waals surface area contributed by atoms with Crippen molar-refractivity contribution in [2.24, 2.45) is 5.92 Å². The maximum atomic E-state index is 9.86. The zero-order chi connectivity index (χ0) is 20.1. The van der Waals surface area contributed by atoms with Crippen LogP contribution in [0.2, 0.25) is 0 Å². The van der Waals surface area contributed by atoms with Crippen LogP contribution in [0.5, 0.6) is 0 Å². The topological polar surface area (TPSA) is 77.4 Å². The van der Waals surface area contributed by atoms with E-state index in [1.165, 1.54) is 31.2 Å². The van der Waals surface area contributed by atoms with E-state index >= 15 is 0 Å². The lowest BCUT2D eigenvalue weighted by atomic mass is 10.0. The van der Waals surface area contributed by atoms with Gasteiger partial charge >= 0.3 is 0 Å². The lowest BCUT2D eigenvalue weighted by Gasteiger charge is -2.21. The fraction of sp³-hybridized carbons (Fsp3) is 0.571. The minimum atomic E-state index is 0.0958. The molecule has 2 aromatic rings. The van der Waals surface area contributed by atoms with Crippen LogP contribution in [0.3, 0.4) is 0 Å². The van der Waals surface area contributed by atoms with E-state index in [1.54, 1.807) is 0 Å². The molecule has 2 fully saturated rings. The Balaban J connectivity index is 1.46. The minimum absolute atomic E-state index is 0.0958. The van der Waals surface area contributed by atoms with Crippen LogP contribution in [0, 0.1) is 5.92 Å². The first-order chi connectivity index (χ1) is 14.2. The van der Waals surface area contributed by atoms with Crippen molar-refractivity contribution in [2.75, 3.05) is 54.4 Å². The Labute approximate surface area is 180 Å². The molecule has 1 aromatic carbocycles. The van der Waals surface area contributed by atoms with Crippen LogP contribution in [0.4, 0.5) is 17.8 Å². The SMILES string of the molecule is OCC(CNc1nc(N2CCCC2)nc(N2CCCC2)n1)Cc1ccc(Br)cc1. The first-order valence-corrected chi connectivity index (χ1v) is 11.4. The average Bonchev–Trinajstić information content (AvgIpc) is 3.46. The Bertz CT molecular complexity index is 756. The van der Waals surface area contributed by atoms with E-state index in [2.05, 4.69) is 53.1 Å². The van der Waals surface area contributed by atoms with Crippen molar-refractivity contribution in [2.45, 2.75) is 32.1 Å². The summed E-state index contributed by atoms with van der Waals surface area (Å²) in [6, 6.07) is 8.25. The number of hydrogen-bond donors (Lipinski definition) is 2. The molecule has 2 N–H and O–H groups in total. The zero-order valence-corrected chi connectivity index (χ0v) is 18.3. The monoisotopic (exact) mass is 460 g/mol. The lowest BCUT2D eigenvalue weighted by Crippen LogP contribution is -2.27. The lowest BCUT2D eigenvalue weighted by molar-refractivity contribution is 0.232. The Morgan fingerprint density at radius 1 is 0.897 bits per heavy atom. The Hall–Kier alpha value is -1.93. The molecule has 0 spiro atoms. The van der Waals surface area contributed by atoms with Crippen LogP contribution < -0.4 is 15.1 Å². The molecule has 4 rings (SSSR count). The Morgan fingerprint density at radius 3 is 1.97 bits per heavy atom. The van der Waals surface area contributed by atoms with Crippen LogP contribution >= 0.6 is 15.9 Å². The molecular formula is C21H29BrN6O. The highest BCUT2D eigenvalue weighted by Gasteiger charge is 2.22. The van der Waals surface area contributed by atoms with Gasteiger partial charge in [-0.05, 0) is 49.8 Å². The van der Waals surface area contributed by atoms with Gasteiger partial charge in [0.1, 0.15) is 0 Å². The summed E-state index contributed by atoms with van der Waals surface area (Å²) < 4.78 is 1.06. The van der Waals surface area contributed by atoms with Gasteiger partial charge in [0.15, 0.2) is 0 Å². The third-order valence-corrected chi connectivity index (χ3v) is 6.16. The van der Waals surface area contributed by atoms with Crippen molar-refractivity contribution in [3.63, 3.8) is 0 Å². The number of benzene rings is 1. The van der Waals surface area contributed by atoms with E-state index in [4.69, 9.17) is 4.98 Å². The van der Waals surface area contributed by atoms with Gasteiger partial charge in [-0.15, -0.1) is 0 Å². The van der Waals surface area contributed by atoms with Crippen LogP contribution in [0.25, 0.3) is 0 Å². The van der Waals surface area contributed by atoms with Gasteiger partial charge in [-0.2, -0.15) is 15.0 Å². The second kappa shape index (κ2) is 9.71. The second-order valence-electron chi connectivity index (χ2n) is 7.91. The Morgan fingerprint density at radius 2 is 1.45 bits per heavy atom. The van der Waals surface area contributed by atoms with E-state index < -0.39 is 0 Å². The van der Waals surface area contributed by atoms with Crippen LogP contribution in [0.1, 0.15) is 31.2 Å². The van der Waals surface area contributed by atoms with Crippen molar-refractivity contribution in [1.82, 2.24) is 15.0 Å². The van der Waals surface area contributed by atoms with E-state index in [9.17, 15) is 5.11 Å². The number of aromatic nitrogens is 3. The normalized spacial score (nSPS) is 17.7. The summed E-state index contributed by atoms with van der Waals surface area (Å²) in [7, 11) is 0. The van der Waals surface area contributed by atoms with Crippen LogP contribution in [0.15, 0.2) is 28.7 Å². The number of halogens is 1. The molecule has 2 saturated heterocycles. The van der Waals surface area contributed by atoms with Gasteiger partial charge in [-0.1, -0.05) is 28.1 Å². The summed E-state index contributed by atoms with van der Waals surface area (Å²) >= 11 is 3.47. The van der Waals surface area contributed by atoms with Crippen molar-refractivity contribution in [3.05, 3.63) is 34.3 Å². The molecule has 0 saturated carbocycles. The number of anilines is 3. The molecule has 3 heterocycles. The van der Waals surface area contributed by atoms with Gasteiger partial charge in [0.25, 0.3) is 0 Å². The first-order valence-electron chi connectivity index (χ1n) is 10.6. The van der Waals surface area contributed by atoms with Gasteiger partial charge in [-0.3, -0.25) is 0 Å². The molecule has 1 unspecified atom stereocenters. The molecule has 0 bridgehead atoms. The molecule has 2 aliphatic heterocycles. The standard InChI is InChI=1S/C21H29BrN6O/c22-18-7-5-16(6-8-18)13-17(15-29)14-23-19-24-20(27-9-1-2-10-27)26-21(25-19)28-11-3-4-12-28/h5-8,17,29H,1-4,9-15H2,(H,23,24,25,26). The van der Waals surface area contributed by atoms with E-state index in [-0.39, 0.29) is 12.5 Å². The smallest absolute Gasteiger partial charge is 0.231 e. The second-order valence-corrected chi connectivity index (χ2v) is 8.82. The predicted octanol–water partition coefficient (Wildman–Crippen LogP) is 3.10. The van der Waals surface area contributed by atoms with Crippen LogP contribution in [-0.4, -0.2) is 59.4 Å². The quantitative estimate of drug-likeness (QED) is 0.626. The first kappa shape index (κ1) is 20.3. The van der Waals surface area contributed by atoms with Gasteiger partial charge < -0.3 is 20.2 Å². The highest BCUT2D eigenvalue weighted by Crippen LogP contribution is 2.23. The van der Waals surface area contributed by atoms with E-state index in [0.717, 1.165) is 49.0 Å². The summed E-state index contributed by atoms with van der Waals surface area (Å²) in [5.41, 5.74) is 1.21. The van der Waals surface area contributed by atoms with Gasteiger partial charge in [0.2, 0.25) is 17.8 Å². The molecular weight excluding hydrogens is 432 g/mol. The number of aliphatic hydroxyl groups is 1. The van der Waals surface area contributed by atoms with Crippen LogP contribution in [-0.2, 0) is 6.42 Å². The fourth-order valence-electron chi connectivity index (χ4n) is 3.94. The van der Waals surface area contributed by atoms with E-state index in [0.29, 0.717) is 12.5 Å². The molecule has 7 nitrogen and oxygen atoms in total. The third-order valence-electron chi connectivity index (χ3n) is 5.63. The summed E-state index contributed by atoms with van der Waals surface area (Å²) in [4.78, 5) is 18.6. The number of aliphatic hydroxyl groups excluding tert-OH is 1. The highest BCUT2D eigenvalue weighted by atomic mass is 79.9. The fourth-order valence-corrected chi connectivity index (χ4v) is 4.21. The zero-order valence-electron chi connectivity index (χ0n) is 16.7. The molecule has 2 aliphatic rings. The van der Waals surface area contributed by atoms with Crippen molar-refractivity contribution in [3.8, 4) is 0 Å². The van der Waals surface area contributed by atoms with Gasteiger partial charge in [0, 0.05) is 49.7 Å². The highest BCUT2D eigenvalue weighted by molar-refractivity contribution is 9.10. The molecule has 1 atom stereocenters. The molecule has 29 heavy (non-hydrogen) atoms. The average molecular weight is 461 g/mol. The molecule has 0 aliphatic carbocycles. The van der Waals surface area contributed by atoms with Gasteiger partial charge in [0.05, 0.1) is 0 Å². The summed E-state index contributed by atoms with van der Waals surface area (Å²) in [5, 5.41) is 13.2. The van der Waals surface area contributed by atoms with Crippen molar-refractivity contribution < 1.29 is 5.11 Å². The number of nitrogens with one attached hydrogen (secondary N) is 1.